The largest absolute Gasteiger partial charge is 0.511 e. The van der Waals surface area contributed by atoms with Crippen LogP contribution in [0.4, 0.5) is 4.79 Å². The van der Waals surface area contributed by atoms with Crippen molar-refractivity contribution in [2.24, 2.45) is 0 Å². The van der Waals surface area contributed by atoms with Gasteiger partial charge in [0.2, 0.25) is 0 Å². The molecular formula is C32H39NO8. The molecule has 2 aromatic carbocycles. The van der Waals surface area contributed by atoms with Gasteiger partial charge < -0.3 is 24.3 Å². The highest BCUT2D eigenvalue weighted by atomic mass is 16.7. The smallest absolute Gasteiger partial charge is 0.486 e. The second-order valence-corrected chi connectivity index (χ2v) is 10.2. The Morgan fingerprint density at radius 2 is 1.46 bits per heavy atom. The zero-order valence-corrected chi connectivity index (χ0v) is 23.6. The highest BCUT2D eigenvalue weighted by molar-refractivity contribution is 6.01. The van der Waals surface area contributed by atoms with E-state index in [2.05, 4.69) is 6.92 Å². The lowest BCUT2D eigenvalue weighted by molar-refractivity contribution is -0.137. The summed E-state index contributed by atoms with van der Waals surface area (Å²) in [5.41, 5.74) is 2.09. The van der Waals surface area contributed by atoms with Crippen LogP contribution in [-0.2, 0) is 22.6 Å². The third-order valence-corrected chi connectivity index (χ3v) is 6.88. The number of aromatic nitrogens is 1. The number of Topliss-reactive ketones (excluding diaryl/α,β-unsaturated/α-hetero) is 2. The summed E-state index contributed by atoms with van der Waals surface area (Å²) in [7, 11) is 0. The Hall–Kier alpha value is -4.14. The Bertz CT molecular complexity index is 1330. The van der Waals surface area contributed by atoms with Gasteiger partial charge in [-0.1, -0.05) is 51.2 Å². The van der Waals surface area contributed by atoms with Crippen LogP contribution in [0.3, 0.4) is 0 Å². The van der Waals surface area contributed by atoms with E-state index in [0.717, 1.165) is 12.8 Å². The van der Waals surface area contributed by atoms with Crippen molar-refractivity contribution in [3.63, 3.8) is 0 Å². The van der Waals surface area contributed by atoms with Crippen LogP contribution in [0.5, 0.6) is 11.5 Å². The lowest BCUT2D eigenvalue weighted by Crippen LogP contribution is -2.20. The number of carboxylic acid groups (broad SMARTS) is 2. The molecule has 0 saturated heterocycles. The van der Waals surface area contributed by atoms with Crippen molar-refractivity contribution in [2.45, 2.75) is 84.1 Å². The molecule has 0 aliphatic rings. The number of aryl methyl sites for hydroxylation is 1. The van der Waals surface area contributed by atoms with Crippen molar-refractivity contribution in [2.75, 3.05) is 6.61 Å². The molecule has 9 heteroatoms. The molecule has 0 amide bonds. The molecule has 0 aliphatic heterocycles. The van der Waals surface area contributed by atoms with Crippen LogP contribution in [0.1, 0.15) is 87.2 Å². The van der Waals surface area contributed by atoms with Gasteiger partial charge in [0, 0.05) is 23.7 Å². The fourth-order valence-corrected chi connectivity index (χ4v) is 4.75. The van der Waals surface area contributed by atoms with Gasteiger partial charge in [0.05, 0.1) is 12.2 Å². The molecule has 1 aromatic heterocycles. The van der Waals surface area contributed by atoms with E-state index >= 15 is 0 Å². The van der Waals surface area contributed by atoms with Crippen molar-refractivity contribution in [1.29, 1.82) is 0 Å². The zero-order valence-electron chi connectivity index (χ0n) is 23.6. The first kappa shape index (κ1) is 31.4. The normalized spacial score (nSPS) is 11.0. The maximum atomic E-state index is 13.0. The van der Waals surface area contributed by atoms with Crippen LogP contribution < -0.4 is 9.47 Å². The molecule has 0 bridgehead atoms. The fraction of sp³-hybridized carbons (Fsp3) is 0.438. The Kier molecular flexibility index (Phi) is 12.4. The Morgan fingerprint density at radius 3 is 2.17 bits per heavy atom. The molecule has 220 valence electrons. The molecule has 0 saturated carbocycles. The third-order valence-electron chi connectivity index (χ3n) is 6.88. The minimum absolute atomic E-state index is 0.0258. The van der Waals surface area contributed by atoms with Gasteiger partial charge in [-0.2, -0.15) is 0 Å². The number of nitrogens with zero attached hydrogens (tertiary/aromatic N) is 1. The lowest BCUT2D eigenvalue weighted by Gasteiger charge is -2.11. The minimum Gasteiger partial charge on any atom is -0.486 e. The molecule has 9 nitrogen and oxygen atoms in total. The second-order valence-electron chi connectivity index (χ2n) is 10.2. The van der Waals surface area contributed by atoms with E-state index < -0.39 is 12.1 Å². The van der Waals surface area contributed by atoms with Gasteiger partial charge in [-0.15, -0.1) is 0 Å². The van der Waals surface area contributed by atoms with Crippen LogP contribution in [0, 0.1) is 0 Å². The number of benzene rings is 2. The van der Waals surface area contributed by atoms with Crippen LogP contribution in [0.25, 0.3) is 10.9 Å². The van der Waals surface area contributed by atoms with E-state index in [9.17, 15) is 19.2 Å². The molecule has 0 unspecified atom stereocenters. The number of rotatable bonds is 19. The van der Waals surface area contributed by atoms with E-state index in [-0.39, 0.29) is 49.0 Å². The zero-order chi connectivity index (χ0) is 29.6. The van der Waals surface area contributed by atoms with Crippen LogP contribution in [0.2, 0.25) is 0 Å². The molecule has 41 heavy (non-hydrogen) atoms. The highest BCUT2D eigenvalue weighted by Gasteiger charge is 2.19. The molecule has 0 fully saturated rings. The summed E-state index contributed by atoms with van der Waals surface area (Å²) in [6.45, 7) is 1.92. The average molecular weight is 566 g/mol. The van der Waals surface area contributed by atoms with Crippen molar-refractivity contribution in [3.8, 4) is 11.5 Å². The summed E-state index contributed by atoms with van der Waals surface area (Å²) >= 11 is 0. The van der Waals surface area contributed by atoms with Gasteiger partial charge in [0.25, 0.3) is 0 Å². The summed E-state index contributed by atoms with van der Waals surface area (Å²) in [6.07, 6.45) is 7.88. The summed E-state index contributed by atoms with van der Waals surface area (Å²) < 4.78 is 12.1. The number of carboxylic acids is 1. The molecule has 0 atom stereocenters. The van der Waals surface area contributed by atoms with Crippen molar-refractivity contribution < 1.29 is 38.9 Å². The highest BCUT2D eigenvalue weighted by Crippen LogP contribution is 2.26. The van der Waals surface area contributed by atoms with Gasteiger partial charge >= 0.3 is 12.1 Å². The standard InChI is InChI=1S/C32H39NO8/c1-2-3-4-5-6-7-10-23-13-15-26(16-14-23)40-22-25(34)21-33-28-18-17-27(41-32(38)39)19-24(28)20-29(33)30(35)11-8-9-12-31(36)37/h13-20H,2-12,21-22H2,1H3,(H,36,37)(H,38,39). The number of hydrogen-bond acceptors (Lipinski definition) is 6. The Morgan fingerprint density at radius 1 is 0.780 bits per heavy atom. The molecule has 0 aliphatic carbocycles. The number of unbranched alkanes of at least 4 members (excludes halogenated alkanes) is 6. The lowest BCUT2D eigenvalue weighted by atomic mass is 10.0. The first-order valence-corrected chi connectivity index (χ1v) is 14.3. The summed E-state index contributed by atoms with van der Waals surface area (Å²) in [4.78, 5) is 47.7. The summed E-state index contributed by atoms with van der Waals surface area (Å²) in [6, 6.07) is 13.9. The SMILES string of the molecule is CCCCCCCCc1ccc(OCC(=O)Cn2c(C(=O)CCCCC(=O)O)cc3cc(OC(=O)O)ccc32)cc1. The predicted octanol–water partition coefficient (Wildman–Crippen LogP) is 7.08. The molecule has 0 spiro atoms. The predicted molar refractivity (Wildman–Crippen MR) is 155 cm³/mol. The maximum Gasteiger partial charge on any atom is 0.511 e. The van der Waals surface area contributed by atoms with Crippen LogP contribution in [-0.4, -0.2) is 45.1 Å². The topological polar surface area (TPSA) is 132 Å². The number of ketones is 2. The van der Waals surface area contributed by atoms with Crippen LogP contribution in [0.15, 0.2) is 48.5 Å². The number of fused-ring (bicyclic) bond motifs is 1. The van der Waals surface area contributed by atoms with E-state index in [1.54, 1.807) is 16.7 Å². The second kappa shape index (κ2) is 16.2. The number of hydrogen-bond donors (Lipinski definition) is 2. The molecule has 0 radical (unpaired) electrons. The molecular weight excluding hydrogens is 526 g/mol. The summed E-state index contributed by atoms with van der Waals surface area (Å²) in [5, 5.41) is 18.3. The van der Waals surface area contributed by atoms with Gasteiger partial charge in [-0.05, 0) is 67.6 Å². The Balaban J connectivity index is 1.63. The van der Waals surface area contributed by atoms with Crippen molar-refractivity contribution in [1.82, 2.24) is 4.57 Å². The number of aliphatic carboxylic acids is 1. The van der Waals surface area contributed by atoms with Gasteiger partial charge in [-0.25, -0.2) is 4.79 Å². The number of ether oxygens (including phenoxy) is 2. The summed E-state index contributed by atoms with van der Waals surface area (Å²) in [5.74, 6) is -0.716. The maximum absolute atomic E-state index is 13.0. The Labute approximate surface area is 240 Å². The quantitative estimate of drug-likeness (QED) is 0.0682. The monoisotopic (exact) mass is 565 g/mol. The number of carbonyl (C=O) groups is 4. The van der Waals surface area contributed by atoms with E-state index in [4.69, 9.17) is 19.7 Å². The molecule has 3 aromatic rings. The van der Waals surface area contributed by atoms with Gasteiger partial charge in [-0.3, -0.25) is 14.4 Å². The molecule has 1 heterocycles. The molecule has 2 N–H and O–H groups in total. The molecule has 3 rings (SSSR count). The van der Waals surface area contributed by atoms with Crippen LogP contribution >= 0.6 is 0 Å². The van der Waals surface area contributed by atoms with Gasteiger partial charge in [0.15, 0.2) is 11.6 Å². The van der Waals surface area contributed by atoms with Gasteiger partial charge in [0.1, 0.15) is 18.1 Å². The van der Waals surface area contributed by atoms with Crippen molar-refractivity contribution in [3.05, 3.63) is 59.8 Å². The average Bonchev–Trinajstić information content (AvgIpc) is 3.29. The fourth-order valence-electron chi connectivity index (χ4n) is 4.75. The van der Waals surface area contributed by atoms with E-state index in [0.29, 0.717) is 29.5 Å². The third kappa shape index (κ3) is 10.4. The first-order chi connectivity index (χ1) is 19.8. The first-order valence-electron chi connectivity index (χ1n) is 14.3. The minimum atomic E-state index is -1.46. The van der Waals surface area contributed by atoms with Crippen molar-refractivity contribution >= 4 is 34.6 Å². The van der Waals surface area contributed by atoms with E-state index in [1.807, 2.05) is 24.3 Å². The number of carbonyl (C=O) groups excluding carboxylic acids is 2. The van der Waals surface area contributed by atoms with E-state index in [1.165, 1.54) is 49.8 Å².